The maximum absolute atomic E-state index is 12.7. The van der Waals surface area contributed by atoms with E-state index in [1.807, 2.05) is 0 Å². The first-order chi connectivity index (χ1) is 11.0. The molecule has 2 aliphatic carbocycles. The SMILES string of the molecule is Cn1nnc2c(C(=O)NC3(C)CC4CCC(C4)C3)ncn2c1=O. The van der Waals surface area contributed by atoms with Crippen LogP contribution >= 0.6 is 0 Å². The zero-order valence-corrected chi connectivity index (χ0v) is 13.3. The van der Waals surface area contributed by atoms with Gasteiger partial charge in [0, 0.05) is 12.6 Å². The largest absolute Gasteiger partial charge is 0.352 e. The van der Waals surface area contributed by atoms with Crippen LogP contribution < -0.4 is 11.0 Å². The summed E-state index contributed by atoms with van der Waals surface area (Å²) in [5.74, 6) is 1.15. The van der Waals surface area contributed by atoms with Crippen LogP contribution in [-0.4, -0.2) is 35.8 Å². The number of aryl methyl sites for hydroxylation is 1. The number of carbonyl (C=O) groups excluding carboxylic acids is 1. The Morgan fingerprint density at radius 3 is 2.74 bits per heavy atom. The minimum atomic E-state index is -0.372. The maximum atomic E-state index is 12.7. The molecule has 2 bridgehead atoms. The van der Waals surface area contributed by atoms with Crippen molar-refractivity contribution in [2.24, 2.45) is 18.9 Å². The van der Waals surface area contributed by atoms with Crippen molar-refractivity contribution >= 4 is 11.6 Å². The molecule has 4 rings (SSSR count). The van der Waals surface area contributed by atoms with E-state index in [9.17, 15) is 9.59 Å². The molecule has 2 aliphatic rings. The molecule has 1 amide bonds. The number of nitrogens with zero attached hydrogens (tertiary/aromatic N) is 5. The van der Waals surface area contributed by atoms with Gasteiger partial charge >= 0.3 is 5.69 Å². The molecule has 2 unspecified atom stereocenters. The molecule has 23 heavy (non-hydrogen) atoms. The lowest BCUT2D eigenvalue weighted by atomic mass is 9.76. The van der Waals surface area contributed by atoms with Crippen LogP contribution in [0.5, 0.6) is 0 Å². The number of amides is 1. The van der Waals surface area contributed by atoms with Crippen molar-refractivity contribution < 1.29 is 4.79 Å². The van der Waals surface area contributed by atoms with Gasteiger partial charge in [-0.2, -0.15) is 4.68 Å². The van der Waals surface area contributed by atoms with Crippen LogP contribution in [0.15, 0.2) is 11.1 Å². The Morgan fingerprint density at radius 2 is 2.04 bits per heavy atom. The number of carbonyl (C=O) groups is 1. The molecule has 0 saturated heterocycles. The Labute approximate surface area is 132 Å². The Balaban J connectivity index is 1.62. The summed E-state index contributed by atoms with van der Waals surface area (Å²) >= 11 is 0. The molecule has 0 radical (unpaired) electrons. The zero-order chi connectivity index (χ0) is 16.2. The third kappa shape index (κ3) is 2.32. The first-order valence-corrected chi connectivity index (χ1v) is 8.05. The van der Waals surface area contributed by atoms with E-state index < -0.39 is 0 Å². The first kappa shape index (κ1) is 14.3. The molecular weight excluding hydrogens is 296 g/mol. The second kappa shape index (κ2) is 4.87. The molecule has 122 valence electrons. The van der Waals surface area contributed by atoms with Crippen molar-refractivity contribution in [3.8, 4) is 0 Å². The monoisotopic (exact) mass is 316 g/mol. The standard InChI is InChI=1S/C15H20N6O2/c1-15(6-9-3-4-10(5-9)7-15)17-13(22)11-12-18-19-20(2)14(23)21(12)8-16-11/h8-10H,3-7H2,1-2H3,(H,17,22). The Hall–Kier alpha value is -2.25. The highest BCUT2D eigenvalue weighted by Gasteiger charge is 2.42. The number of rotatable bonds is 2. The van der Waals surface area contributed by atoms with E-state index in [-0.39, 0.29) is 28.5 Å². The second-order valence-corrected chi connectivity index (χ2v) is 7.25. The Kier molecular flexibility index (Phi) is 3.04. The van der Waals surface area contributed by atoms with Crippen LogP contribution in [0, 0.1) is 11.8 Å². The van der Waals surface area contributed by atoms with E-state index in [1.54, 1.807) is 0 Å². The third-order valence-electron chi connectivity index (χ3n) is 5.26. The summed E-state index contributed by atoms with van der Waals surface area (Å²) in [4.78, 5) is 28.7. The molecule has 2 aromatic rings. The fourth-order valence-electron chi connectivity index (χ4n) is 4.38. The molecule has 2 fully saturated rings. The van der Waals surface area contributed by atoms with Gasteiger partial charge in [0.05, 0.1) is 0 Å². The van der Waals surface area contributed by atoms with Crippen LogP contribution in [0.25, 0.3) is 5.65 Å². The summed E-state index contributed by atoms with van der Waals surface area (Å²) in [5, 5.41) is 10.8. The molecule has 2 atom stereocenters. The molecule has 0 spiro atoms. The summed E-state index contributed by atoms with van der Waals surface area (Å²) in [6, 6.07) is 0. The van der Waals surface area contributed by atoms with E-state index in [2.05, 4.69) is 27.5 Å². The minimum Gasteiger partial charge on any atom is -0.345 e. The number of fused-ring (bicyclic) bond motifs is 3. The van der Waals surface area contributed by atoms with Gasteiger partial charge in [-0.3, -0.25) is 4.79 Å². The highest BCUT2D eigenvalue weighted by Crippen LogP contribution is 2.46. The molecule has 8 heteroatoms. The molecule has 0 aliphatic heterocycles. The molecule has 2 aromatic heterocycles. The summed E-state index contributed by atoms with van der Waals surface area (Å²) in [5.41, 5.74) is -0.213. The van der Waals surface area contributed by atoms with Gasteiger partial charge in [0.1, 0.15) is 6.33 Å². The average Bonchev–Trinajstić information content (AvgIpc) is 3.06. The van der Waals surface area contributed by atoms with Crippen LogP contribution in [0.2, 0.25) is 0 Å². The number of imidazole rings is 1. The molecule has 8 nitrogen and oxygen atoms in total. The second-order valence-electron chi connectivity index (χ2n) is 7.25. The fourth-order valence-corrected chi connectivity index (χ4v) is 4.38. The highest BCUT2D eigenvalue weighted by atomic mass is 16.2. The molecule has 2 saturated carbocycles. The normalized spacial score (nSPS) is 29.8. The summed E-state index contributed by atoms with van der Waals surface area (Å²) in [7, 11) is 1.51. The first-order valence-electron chi connectivity index (χ1n) is 8.05. The predicted octanol–water partition coefficient (Wildman–Crippen LogP) is 0.522. The Bertz CT molecular complexity index is 826. The van der Waals surface area contributed by atoms with Crippen molar-refractivity contribution in [3.05, 3.63) is 22.5 Å². The number of hydrogen-bond donors (Lipinski definition) is 1. The smallest absolute Gasteiger partial charge is 0.345 e. The van der Waals surface area contributed by atoms with E-state index in [1.165, 1.54) is 37.0 Å². The van der Waals surface area contributed by atoms with Crippen LogP contribution in [-0.2, 0) is 7.05 Å². The fraction of sp³-hybridized carbons (Fsp3) is 0.667. The molecule has 1 N–H and O–H groups in total. The van der Waals surface area contributed by atoms with Crippen molar-refractivity contribution in [3.63, 3.8) is 0 Å². The van der Waals surface area contributed by atoms with Crippen LogP contribution in [0.3, 0.4) is 0 Å². The van der Waals surface area contributed by atoms with Crippen molar-refractivity contribution in [1.82, 2.24) is 29.7 Å². The zero-order valence-electron chi connectivity index (χ0n) is 13.3. The number of hydrogen-bond acceptors (Lipinski definition) is 5. The van der Waals surface area contributed by atoms with E-state index in [0.717, 1.165) is 17.5 Å². The van der Waals surface area contributed by atoms with Crippen molar-refractivity contribution in [1.29, 1.82) is 0 Å². The van der Waals surface area contributed by atoms with E-state index in [4.69, 9.17) is 0 Å². The van der Waals surface area contributed by atoms with Gasteiger partial charge in [-0.05, 0) is 38.0 Å². The predicted molar refractivity (Wildman–Crippen MR) is 82.0 cm³/mol. The third-order valence-corrected chi connectivity index (χ3v) is 5.26. The quantitative estimate of drug-likeness (QED) is 0.872. The van der Waals surface area contributed by atoms with Gasteiger partial charge in [0.2, 0.25) is 0 Å². The van der Waals surface area contributed by atoms with Crippen LogP contribution in [0.4, 0.5) is 0 Å². The van der Waals surface area contributed by atoms with E-state index >= 15 is 0 Å². The van der Waals surface area contributed by atoms with E-state index in [0.29, 0.717) is 11.8 Å². The number of nitrogens with one attached hydrogen (secondary N) is 1. The van der Waals surface area contributed by atoms with Gasteiger partial charge in [-0.25, -0.2) is 14.2 Å². The maximum Gasteiger partial charge on any atom is 0.352 e. The van der Waals surface area contributed by atoms with Crippen molar-refractivity contribution in [2.45, 2.75) is 44.6 Å². The van der Waals surface area contributed by atoms with Gasteiger partial charge in [-0.1, -0.05) is 18.1 Å². The van der Waals surface area contributed by atoms with Crippen molar-refractivity contribution in [2.75, 3.05) is 0 Å². The van der Waals surface area contributed by atoms with Gasteiger partial charge < -0.3 is 5.32 Å². The lowest BCUT2D eigenvalue weighted by Crippen LogP contribution is -2.49. The van der Waals surface area contributed by atoms with Gasteiger partial charge in [-0.15, -0.1) is 5.10 Å². The highest BCUT2D eigenvalue weighted by molar-refractivity contribution is 5.98. The topological polar surface area (TPSA) is 94.2 Å². The summed E-state index contributed by atoms with van der Waals surface area (Å²) in [6.07, 6.45) is 7.17. The molecule has 2 heterocycles. The lowest BCUT2D eigenvalue weighted by Gasteiger charge is -2.38. The van der Waals surface area contributed by atoms with Gasteiger partial charge in [0.25, 0.3) is 5.91 Å². The van der Waals surface area contributed by atoms with Crippen LogP contribution in [0.1, 0.15) is 49.5 Å². The summed E-state index contributed by atoms with van der Waals surface area (Å²) < 4.78 is 2.35. The lowest BCUT2D eigenvalue weighted by molar-refractivity contribution is 0.0851. The molecule has 0 aromatic carbocycles. The van der Waals surface area contributed by atoms with Gasteiger partial charge in [0.15, 0.2) is 11.3 Å². The Morgan fingerprint density at radius 1 is 1.35 bits per heavy atom. The summed E-state index contributed by atoms with van der Waals surface area (Å²) in [6.45, 7) is 2.11. The number of aromatic nitrogens is 5. The minimum absolute atomic E-state index is 0.161. The molecular formula is C15H20N6O2. The average molecular weight is 316 g/mol.